The highest BCUT2D eigenvalue weighted by Crippen LogP contribution is 2.38. The topological polar surface area (TPSA) is 63.3 Å². The van der Waals surface area contributed by atoms with Crippen LogP contribution >= 0.6 is 11.6 Å². The lowest BCUT2D eigenvalue weighted by atomic mass is 10.0. The van der Waals surface area contributed by atoms with E-state index in [1.54, 1.807) is 0 Å². The second-order valence-corrected chi connectivity index (χ2v) is 10.7. The molecule has 1 fully saturated rings. The molecule has 0 aliphatic carbocycles. The van der Waals surface area contributed by atoms with E-state index in [2.05, 4.69) is 42.3 Å². The van der Waals surface area contributed by atoms with Crippen molar-refractivity contribution in [1.82, 2.24) is 9.80 Å². The number of amides is 1. The average Bonchev–Trinajstić information content (AvgIpc) is 3.22. The second-order valence-electron chi connectivity index (χ2n) is 10.3. The van der Waals surface area contributed by atoms with E-state index in [0.29, 0.717) is 61.9 Å². The smallest absolute Gasteiger partial charge is 0.253 e. The second kappa shape index (κ2) is 11.3. The number of nitrogens with zero attached hydrogens (tertiary/aromatic N) is 2. The van der Waals surface area contributed by atoms with Gasteiger partial charge in [-0.3, -0.25) is 9.69 Å². The predicted octanol–water partition coefficient (Wildman–Crippen LogP) is 4.35. The lowest BCUT2D eigenvalue weighted by molar-refractivity contribution is -0.151. The Morgan fingerprint density at radius 2 is 2.08 bits per heavy atom. The van der Waals surface area contributed by atoms with E-state index in [1.807, 2.05) is 17.0 Å². The van der Waals surface area contributed by atoms with Gasteiger partial charge in [-0.25, -0.2) is 0 Å². The van der Waals surface area contributed by atoms with Crippen LogP contribution in [0.3, 0.4) is 0 Å². The molecule has 3 heterocycles. The average molecular weight is 514 g/mol. The summed E-state index contributed by atoms with van der Waals surface area (Å²) in [5.41, 5.74) is 4.91. The van der Waals surface area contributed by atoms with Crippen LogP contribution < -0.4 is 14.8 Å². The standard InChI is InChI=1S/C28H36ClN3O4/c1-19(2)15-32(16-20-13-23(29)27-25(14-20)34-10-4-11-36-27)28(33)26-18-31(9-12-35-26)17-21-5-3-6-24-22(21)7-8-30-24/h3,5-6,13-14,19,26,30H,4,7-12,15-18H2,1-2H3. The fraction of sp³-hybridized carbons (Fsp3) is 0.536. The van der Waals surface area contributed by atoms with Crippen LogP contribution in [0, 0.1) is 5.92 Å². The van der Waals surface area contributed by atoms with Crippen LogP contribution in [0.2, 0.25) is 5.02 Å². The number of benzene rings is 2. The molecule has 2 aromatic carbocycles. The first-order valence-electron chi connectivity index (χ1n) is 13.0. The molecule has 36 heavy (non-hydrogen) atoms. The van der Waals surface area contributed by atoms with Gasteiger partial charge in [0.2, 0.25) is 0 Å². The fourth-order valence-electron chi connectivity index (χ4n) is 5.27. The van der Waals surface area contributed by atoms with Crippen molar-refractivity contribution in [2.45, 2.75) is 45.9 Å². The predicted molar refractivity (Wildman–Crippen MR) is 141 cm³/mol. The molecule has 2 aromatic rings. The Morgan fingerprint density at radius 3 is 2.94 bits per heavy atom. The maximum atomic E-state index is 13.7. The van der Waals surface area contributed by atoms with E-state index in [1.165, 1.54) is 16.8 Å². The SMILES string of the molecule is CC(C)CN(Cc1cc(Cl)c2c(c1)OCCCO2)C(=O)C1CN(Cc2cccc3c2CCN3)CCO1. The number of halogens is 1. The van der Waals surface area contributed by atoms with Crippen molar-refractivity contribution < 1.29 is 19.0 Å². The van der Waals surface area contributed by atoms with E-state index >= 15 is 0 Å². The highest BCUT2D eigenvalue weighted by atomic mass is 35.5. The zero-order valence-electron chi connectivity index (χ0n) is 21.2. The number of hydrogen-bond donors (Lipinski definition) is 1. The maximum absolute atomic E-state index is 13.7. The minimum absolute atomic E-state index is 0.0246. The first kappa shape index (κ1) is 25.2. The Kier molecular flexibility index (Phi) is 7.89. The molecule has 194 valence electrons. The fourth-order valence-corrected chi connectivity index (χ4v) is 5.56. The Morgan fingerprint density at radius 1 is 1.22 bits per heavy atom. The molecule has 0 spiro atoms. The number of ether oxygens (including phenoxy) is 3. The zero-order chi connectivity index (χ0) is 25.1. The van der Waals surface area contributed by atoms with E-state index in [4.69, 9.17) is 25.8 Å². The summed E-state index contributed by atoms with van der Waals surface area (Å²) < 4.78 is 17.6. The van der Waals surface area contributed by atoms with Gasteiger partial charge in [-0.2, -0.15) is 0 Å². The number of anilines is 1. The molecule has 1 amide bonds. The molecule has 3 aliphatic rings. The molecule has 1 saturated heterocycles. The van der Waals surface area contributed by atoms with E-state index in [-0.39, 0.29) is 5.91 Å². The Labute approximate surface area is 218 Å². The summed E-state index contributed by atoms with van der Waals surface area (Å²) >= 11 is 6.53. The van der Waals surface area contributed by atoms with Crippen LogP contribution in [-0.4, -0.2) is 67.8 Å². The highest BCUT2D eigenvalue weighted by Gasteiger charge is 2.31. The molecule has 3 aliphatic heterocycles. The van der Waals surface area contributed by atoms with Crippen molar-refractivity contribution >= 4 is 23.2 Å². The van der Waals surface area contributed by atoms with E-state index < -0.39 is 6.10 Å². The first-order chi connectivity index (χ1) is 17.5. The van der Waals surface area contributed by atoms with Crippen LogP contribution in [0.15, 0.2) is 30.3 Å². The largest absolute Gasteiger partial charge is 0.489 e. The number of hydrogen-bond acceptors (Lipinski definition) is 6. The number of carbonyl (C=O) groups excluding carboxylic acids is 1. The summed E-state index contributed by atoms with van der Waals surface area (Å²) in [5.74, 6) is 1.59. The quantitative estimate of drug-likeness (QED) is 0.593. The van der Waals surface area contributed by atoms with Gasteiger partial charge < -0.3 is 24.4 Å². The molecule has 0 bridgehead atoms. The first-order valence-corrected chi connectivity index (χ1v) is 13.4. The number of carbonyl (C=O) groups is 1. The van der Waals surface area contributed by atoms with Gasteiger partial charge in [0.1, 0.15) is 6.10 Å². The molecular formula is C28H36ClN3O4. The van der Waals surface area contributed by atoms with Crippen LogP contribution in [0.25, 0.3) is 0 Å². The molecular weight excluding hydrogens is 478 g/mol. The molecule has 0 aromatic heterocycles. The van der Waals surface area contributed by atoms with Gasteiger partial charge in [-0.1, -0.05) is 37.6 Å². The minimum Gasteiger partial charge on any atom is -0.489 e. The van der Waals surface area contributed by atoms with Gasteiger partial charge in [-0.15, -0.1) is 0 Å². The Balaban J connectivity index is 1.29. The summed E-state index contributed by atoms with van der Waals surface area (Å²) in [4.78, 5) is 18.0. The molecule has 1 N–H and O–H groups in total. The van der Waals surface area contributed by atoms with Crippen molar-refractivity contribution in [1.29, 1.82) is 0 Å². The van der Waals surface area contributed by atoms with Gasteiger partial charge in [0.25, 0.3) is 5.91 Å². The lowest BCUT2D eigenvalue weighted by Gasteiger charge is -2.36. The van der Waals surface area contributed by atoms with Crippen molar-refractivity contribution in [3.05, 3.63) is 52.0 Å². The van der Waals surface area contributed by atoms with Crippen LogP contribution in [-0.2, 0) is 29.0 Å². The molecule has 5 rings (SSSR count). The normalized spacial score (nSPS) is 19.5. The summed E-state index contributed by atoms with van der Waals surface area (Å²) in [6.45, 7) is 10.3. The van der Waals surface area contributed by atoms with Crippen LogP contribution in [0.1, 0.15) is 37.0 Å². The van der Waals surface area contributed by atoms with E-state index in [0.717, 1.165) is 38.0 Å². The molecule has 8 heteroatoms. The third-order valence-corrected chi connectivity index (χ3v) is 7.20. The van der Waals surface area contributed by atoms with Crippen molar-refractivity contribution in [3.8, 4) is 11.5 Å². The molecule has 1 atom stereocenters. The van der Waals surface area contributed by atoms with Gasteiger partial charge in [0.05, 0.1) is 24.8 Å². The lowest BCUT2D eigenvalue weighted by Crippen LogP contribution is -2.51. The summed E-state index contributed by atoms with van der Waals surface area (Å²) in [5, 5.41) is 3.98. The molecule has 0 radical (unpaired) electrons. The van der Waals surface area contributed by atoms with Gasteiger partial charge in [-0.05, 0) is 47.2 Å². The molecule has 0 saturated carbocycles. The summed E-state index contributed by atoms with van der Waals surface area (Å²) in [6, 6.07) is 10.3. The van der Waals surface area contributed by atoms with Gasteiger partial charge in [0, 0.05) is 51.4 Å². The summed E-state index contributed by atoms with van der Waals surface area (Å²) in [7, 11) is 0. The van der Waals surface area contributed by atoms with Gasteiger partial charge >= 0.3 is 0 Å². The highest BCUT2D eigenvalue weighted by molar-refractivity contribution is 6.32. The Bertz CT molecular complexity index is 1090. The van der Waals surface area contributed by atoms with Crippen molar-refractivity contribution in [3.63, 3.8) is 0 Å². The Hall–Kier alpha value is -2.48. The van der Waals surface area contributed by atoms with Crippen molar-refractivity contribution in [2.24, 2.45) is 5.92 Å². The molecule has 1 unspecified atom stereocenters. The summed E-state index contributed by atoms with van der Waals surface area (Å²) in [6.07, 6.45) is 1.39. The van der Waals surface area contributed by atoms with Crippen LogP contribution in [0.5, 0.6) is 11.5 Å². The molecule has 7 nitrogen and oxygen atoms in total. The van der Waals surface area contributed by atoms with Gasteiger partial charge in [0.15, 0.2) is 11.5 Å². The third kappa shape index (κ3) is 5.74. The monoisotopic (exact) mass is 513 g/mol. The number of morpholine rings is 1. The van der Waals surface area contributed by atoms with Crippen molar-refractivity contribution in [2.75, 3.05) is 51.3 Å². The number of rotatable bonds is 7. The number of nitrogens with one attached hydrogen (secondary N) is 1. The van der Waals surface area contributed by atoms with Crippen LogP contribution in [0.4, 0.5) is 5.69 Å². The minimum atomic E-state index is -0.483. The number of fused-ring (bicyclic) bond motifs is 2. The zero-order valence-corrected chi connectivity index (χ0v) is 22.0. The maximum Gasteiger partial charge on any atom is 0.253 e. The third-order valence-electron chi connectivity index (χ3n) is 6.92. The van der Waals surface area contributed by atoms with E-state index in [9.17, 15) is 4.79 Å².